The van der Waals surface area contributed by atoms with Gasteiger partial charge in [0.15, 0.2) is 0 Å². The van der Waals surface area contributed by atoms with Gasteiger partial charge >= 0.3 is 102 Å². The van der Waals surface area contributed by atoms with Crippen LogP contribution in [0.3, 0.4) is 0 Å². The van der Waals surface area contributed by atoms with Crippen molar-refractivity contribution in [1.29, 1.82) is 0 Å². The Balaban J connectivity index is 4.53. The molecule has 0 saturated carbocycles. The van der Waals surface area contributed by atoms with Crippen molar-refractivity contribution in [1.82, 2.24) is 0 Å². The Morgan fingerprint density at radius 3 is 0.812 bits per heavy atom. The van der Waals surface area contributed by atoms with Crippen LogP contribution in [0.2, 0.25) is 0 Å². The number of hydrogen-bond donors (Lipinski definition) is 0. The first-order valence-corrected chi connectivity index (χ1v) is 8.56. The van der Waals surface area contributed by atoms with Crippen molar-refractivity contribution >= 4 is 47.5 Å². The zero-order chi connectivity index (χ0) is 13.2. The zero-order valence-electron chi connectivity index (χ0n) is 6.70. The summed E-state index contributed by atoms with van der Waals surface area (Å²) in [7, 11) is 0. The molecule has 0 rings (SSSR count). The third kappa shape index (κ3) is 11.5. The number of hydrogen-bond acceptors (Lipinski definition) is 0. The molecule has 0 unspecified atom stereocenters. The maximum absolute atomic E-state index is 11.8. The topological polar surface area (TPSA) is 0 Å². The van der Waals surface area contributed by atoms with Gasteiger partial charge in [0.05, 0.1) is 0 Å². The van der Waals surface area contributed by atoms with Crippen LogP contribution >= 0.6 is 0 Å². The molecule has 0 radical (unpaired) electrons. The van der Waals surface area contributed by atoms with Crippen LogP contribution < -0.4 is 0 Å². The summed E-state index contributed by atoms with van der Waals surface area (Å²) >= 11 is -7.92. The monoisotopic (exact) mass is 458 g/mol. The summed E-state index contributed by atoms with van der Waals surface area (Å²) in [6.07, 6.45) is 0. The molecule has 0 atom stereocenters. The molecule has 0 amide bonds. The van der Waals surface area contributed by atoms with Crippen LogP contribution in [0.5, 0.6) is 0 Å². The van der Waals surface area contributed by atoms with Gasteiger partial charge in [-0.15, -0.1) is 0 Å². The van der Waals surface area contributed by atoms with Crippen LogP contribution in [0.15, 0.2) is 0 Å². The Hall–Kier alpha value is 0.993. The van der Waals surface area contributed by atoms with E-state index in [-0.39, 0.29) is 0 Å². The number of rotatable bonds is 3. The average molecular weight is 455 g/mol. The second kappa shape index (κ2) is 5.76. The molecule has 0 spiro atoms. The van der Waals surface area contributed by atoms with E-state index in [1.54, 1.807) is 0 Å². The summed E-state index contributed by atoms with van der Waals surface area (Å²) in [5.41, 5.74) is 0. The minimum atomic E-state index is -4.95. The first kappa shape index (κ1) is 17.0. The summed E-state index contributed by atoms with van der Waals surface area (Å²) in [4.78, 5) is 0. The van der Waals surface area contributed by atoms with E-state index < -0.39 is 62.7 Å². The Labute approximate surface area is 102 Å². The van der Waals surface area contributed by atoms with Crippen molar-refractivity contribution in [3.63, 3.8) is 0 Å². The van der Waals surface area contributed by atoms with Crippen molar-refractivity contribution < 1.29 is 39.5 Å². The van der Waals surface area contributed by atoms with Crippen LogP contribution in [-0.4, -0.2) is 62.7 Å². The molecule has 0 aliphatic carbocycles. The maximum atomic E-state index is 11.8. The van der Waals surface area contributed by atoms with Crippen LogP contribution in [-0.2, 0) is 0 Å². The predicted octanol–water partition coefficient (Wildman–Crippen LogP) is 1.64. The van der Waals surface area contributed by atoms with E-state index in [2.05, 4.69) is 0 Å². The van der Waals surface area contributed by atoms with Gasteiger partial charge in [0.2, 0.25) is 0 Å². The van der Waals surface area contributed by atoms with Crippen LogP contribution in [0.25, 0.3) is 0 Å². The quantitative estimate of drug-likeness (QED) is 0.449. The first-order valence-electron chi connectivity index (χ1n) is 3.02. The van der Waals surface area contributed by atoms with Gasteiger partial charge < -0.3 is 0 Å². The fraction of sp³-hybridized carbons (Fsp3) is 1.00. The number of halogens is 9. The molecular formula is C3BF9Se3. The van der Waals surface area contributed by atoms with Gasteiger partial charge in [-0.2, -0.15) is 0 Å². The van der Waals surface area contributed by atoms with Gasteiger partial charge in [-0.25, -0.2) is 0 Å². The summed E-state index contributed by atoms with van der Waals surface area (Å²) in [6.45, 7) is 0. The molecule has 0 heterocycles. The van der Waals surface area contributed by atoms with Crippen LogP contribution in [0.1, 0.15) is 0 Å². The van der Waals surface area contributed by atoms with E-state index >= 15 is 0 Å². The van der Waals surface area contributed by atoms with E-state index in [1.807, 2.05) is 0 Å². The fourth-order valence-electron chi connectivity index (χ4n) is 0.399. The third-order valence-corrected chi connectivity index (χ3v) is 9.88. The Morgan fingerprint density at radius 2 is 0.688 bits per heavy atom. The molecule has 0 aliphatic rings. The van der Waals surface area contributed by atoms with Gasteiger partial charge in [0.1, 0.15) is 0 Å². The minimum absolute atomic E-state index is 2.33. The van der Waals surface area contributed by atoms with Gasteiger partial charge in [0, 0.05) is 0 Å². The van der Waals surface area contributed by atoms with Gasteiger partial charge in [0.25, 0.3) is 0 Å². The molecule has 0 saturated heterocycles. The van der Waals surface area contributed by atoms with E-state index in [0.717, 1.165) is 0 Å². The molecule has 0 aromatic heterocycles. The van der Waals surface area contributed by atoms with Gasteiger partial charge in [-0.3, -0.25) is 0 Å². The standard InChI is InChI=1S/C3BF9Se3/c5-1(6,7)14-4(15-2(8,9)10)16-3(11,12)13. The SMILES string of the molecule is FC(F)(F)[Se]B([Se]C(F)(F)F)[Se]C(F)(F)F. The molecule has 0 nitrogen and oxygen atoms in total. The van der Waals surface area contributed by atoms with Crippen molar-refractivity contribution in [3.05, 3.63) is 0 Å². The summed E-state index contributed by atoms with van der Waals surface area (Å²) in [6, 6.07) is 0. The van der Waals surface area contributed by atoms with E-state index in [1.165, 1.54) is 0 Å². The molecule has 0 aliphatic heterocycles. The molecule has 0 N–H and O–H groups in total. The molecule has 0 aromatic rings. The third-order valence-electron chi connectivity index (χ3n) is 0.690. The molecule has 96 valence electrons. The second-order valence-corrected chi connectivity index (χ2v) is 13.9. The van der Waals surface area contributed by atoms with Crippen LogP contribution in [0, 0.1) is 0 Å². The molecule has 0 aromatic carbocycles. The van der Waals surface area contributed by atoms with E-state index in [4.69, 9.17) is 0 Å². The Bertz CT molecular complexity index is 179. The van der Waals surface area contributed by atoms with Crippen molar-refractivity contribution in [2.45, 2.75) is 15.2 Å². The van der Waals surface area contributed by atoms with Gasteiger partial charge in [-0.1, -0.05) is 0 Å². The first-order chi connectivity index (χ1) is 6.79. The molecule has 13 heteroatoms. The Morgan fingerprint density at radius 1 is 0.500 bits per heavy atom. The van der Waals surface area contributed by atoms with Crippen LogP contribution in [0.4, 0.5) is 39.5 Å². The molecular weight excluding hydrogens is 455 g/mol. The van der Waals surface area contributed by atoms with Crippen molar-refractivity contribution in [2.24, 2.45) is 0 Å². The second-order valence-electron chi connectivity index (χ2n) is 1.98. The summed E-state index contributed by atoms with van der Waals surface area (Å²) in [5, 5.41) is -14.8. The van der Waals surface area contributed by atoms with E-state index in [0.29, 0.717) is 0 Å². The van der Waals surface area contributed by atoms with E-state index in [9.17, 15) is 39.5 Å². The Kier molecular flexibility index (Phi) is 6.11. The zero-order valence-corrected chi connectivity index (χ0v) is 11.8. The summed E-state index contributed by atoms with van der Waals surface area (Å²) < 4.78 is 104. The molecule has 0 fully saturated rings. The normalized spacial score (nSPS) is 14.1. The fourth-order valence-corrected chi connectivity index (χ4v) is 10.8. The average Bonchev–Trinajstić information content (AvgIpc) is 1.70. The van der Waals surface area contributed by atoms with Crippen molar-refractivity contribution in [2.75, 3.05) is 0 Å². The number of alkyl halides is 9. The van der Waals surface area contributed by atoms with Gasteiger partial charge in [-0.05, 0) is 0 Å². The predicted molar refractivity (Wildman–Crippen MR) is 41.2 cm³/mol. The summed E-state index contributed by atoms with van der Waals surface area (Å²) in [5.74, 6) is 0. The molecule has 0 bridgehead atoms. The molecule has 16 heavy (non-hydrogen) atoms. The van der Waals surface area contributed by atoms with Crippen molar-refractivity contribution in [3.8, 4) is 0 Å².